The summed E-state index contributed by atoms with van der Waals surface area (Å²) in [5.74, 6) is -0.924. The zero-order valence-electron chi connectivity index (χ0n) is 10.6. The average Bonchev–Trinajstić information content (AvgIpc) is 2.42. The van der Waals surface area contributed by atoms with E-state index in [1.807, 2.05) is 12.1 Å². The van der Waals surface area contributed by atoms with Gasteiger partial charge < -0.3 is 10.6 Å². The van der Waals surface area contributed by atoms with Gasteiger partial charge in [0.1, 0.15) is 0 Å². The predicted molar refractivity (Wildman–Crippen MR) is 87.7 cm³/mol. The third-order valence-corrected chi connectivity index (χ3v) is 3.59. The summed E-state index contributed by atoms with van der Waals surface area (Å²) in [4.78, 5) is 11.8. The third-order valence-electron chi connectivity index (χ3n) is 2.55. The number of amides is 1. The number of nitrogens with one attached hydrogen (secondary N) is 2. The van der Waals surface area contributed by atoms with Gasteiger partial charge in [0.15, 0.2) is 5.82 Å². The summed E-state index contributed by atoms with van der Waals surface area (Å²) < 4.78 is 14.1. The number of hydrogen-bond donors (Lipinski definition) is 2. The van der Waals surface area contributed by atoms with Gasteiger partial charge in [0.05, 0.1) is 16.6 Å². The second-order valence-electron chi connectivity index (χ2n) is 4.17. The zero-order chi connectivity index (χ0) is 15.4. The summed E-state index contributed by atoms with van der Waals surface area (Å²) in [6.07, 6.45) is 0. The van der Waals surface area contributed by atoms with Crippen LogP contribution in [-0.2, 0) is 4.79 Å². The molecular formula is C14H10BrCl2FN2O. The summed E-state index contributed by atoms with van der Waals surface area (Å²) in [7, 11) is 0. The molecule has 0 fully saturated rings. The molecule has 0 radical (unpaired) electrons. The second kappa shape index (κ2) is 7.11. The van der Waals surface area contributed by atoms with Crippen molar-refractivity contribution in [3.63, 3.8) is 0 Å². The van der Waals surface area contributed by atoms with Gasteiger partial charge in [-0.3, -0.25) is 4.79 Å². The molecular weight excluding hydrogens is 382 g/mol. The Bertz CT molecular complexity index is 659. The van der Waals surface area contributed by atoms with Crippen LogP contribution in [0.4, 0.5) is 15.8 Å². The molecule has 0 heterocycles. The van der Waals surface area contributed by atoms with Gasteiger partial charge in [0, 0.05) is 15.8 Å². The molecule has 0 atom stereocenters. The van der Waals surface area contributed by atoms with Crippen LogP contribution >= 0.6 is 39.1 Å². The summed E-state index contributed by atoms with van der Waals surface area (Å²) in [5, 5.41) is 5.35. The van der Waals surface area contributed by atoms with E-state index >= 15 is 0 Å². The van der Waals surface area contributed by atoms with Crippen LogP contribution in [0.25, 0.3) is 0 Å². The summed E-state index contributed by atoms with van der Waals surface area (Å²) in [5.41, 5.74) is 1.14. The number of benzene rings is 2. The van der Waals surface area contributed by atoms with Crippen LogP contribution in [0, 0.1) is 5.82 Å². The van der Waals surface area contributed by atoms with Gasteiger partial charge in [0.2, 0.25) is 5.91 Å². The van der Waals surface area contributed by atoms with E-state index in [0.717, 1.165) is 4.47 Å². The van der Waals surface area contributed by atoms with Gasteiger partial charge >= 0.3 is 0 Å². The molecule has 0 bridgehead atoms. The molecule has 0 saturated carbocycles. The van der Waals surface area contributed by atoms with E-state index in [9.17, 15) is 9.18 Å². The Kier molecular flexibility index (Phi) is 5.45. The normalized spacial score (nSPS) is 10.3. The van der Waals surface area contributed by atoms with Crippen LogP contribution in [0.1, 0.15) is 0 Å². The predicted octanol–water partition coefficient (Wildman–Crippen LogP) is 4.95. The van der Waals surface area contributed by atoms with Crippen LogP contribution < -0.4 is 10.6 Å². The smallest absolute Gasteiger partial charge is 0.243 e. The zero-order valence-corrected chi connectivity index (χ0v) is 13.7. The molecule has 0 aliphatic heterocycles. The fourth-order valence-corrected chi connectivity index (χ4v) is 2.50. The lowest BCUT2D eigenvalue weighted by Gasteiger charge is -2.09. The number of carbonyl (C=O) groups is 1. The Morgan fingerprint density at radius 1 is 1.14 bits per heavy atom. The second-order valence-corrected chi connectivity index (χ2v) is 5.90. The van der Waals surface area contributed by atoms with Crippen molar-refractivity contribution in [3.05, 3.63) is 56.7 Å². The molecule has 0 aliphatic carbocycles. The summed E-state index contributed by atoms with van der Waals surface area (Å²) in [6.45, 7) is 0.00477. The number of carbonyl (C=O) groups excluding carboxylic acids is 1. The molecule has 0 aliphatic rings. The fourth-order valence-electron chi connectivity index (χ4n) is 1.61. The average molecular weight is 392 g/mol. The Labute approximate surface area is 139 Å². The molecule has 2 aromatic rings. The van der Waals surface area contributed by atoms with Crippen molar-refractivity contribution < 1.29 is 9.18 Å². The van der Waals surface area contributed by atoms with E-state index in [4.69, 9.17) is 23.2 Å². The number of anilines is 2. The van der Waals surface area contributed by atoms with Gasteiger partial charge in [-0.25, -0.2) is 4.39 Å². The van der Waals surface area contributed by atoms with Crippen molar-refractivity contribution in [3.8, 4) is 0 Å². The van der Waals surface area contributed by atoms with Crippen LogP contribution in [0.2, 0.25) is 10.0 Å². The fraction of sp³-hybridized carbons (Fsp3) is 0.0714. The van der Waals surface area contributed by atoms with E-state index in [2.05, 4.69) is 26.6 Å². The Balaban J connectivity index is 1.95. The number of rotatable bonds is 4. The van der Waals surface area contributed by atoms with E-state index < -0.39 is 5.82 Å². The number of hydrogen-bond acceptors (Lipinski definition) is 2. The molecule has 0 spiro atoms. The SMILES string of the molecule is O=C(CNc1cc(Cl)c(F)c(Cl)c1)Nc1cccc(Br)c1. The third kappa shape index (κ3) is 4.59. The molecule has 0 unspecified atom stereocenters. The summed E-state index contributed by atoms with van der Waals surface area (Å²) in [6, 6.07) is 9.96. The first-order chi connectivity index (χ1) is 9.95. The molecule has 21 heavy (non-hydrogen) atoms. The van der Waals surface area contributed by atoms with Gasteiger partial charge in [-0.05, 0) is 30.3 Å². The lowest BCUT2D eigenvalue weighted by Crippen LogP contribution is -2.21. The lowest BCUT2D eigenvalue weighted by molar-refractivity contribution is -0.114. The molecule has 3 nitrogen and oxygen atoms in total. The summed E-state index contributed by atoms with van der Waals surface area (Å²) >= 11 is 14.7. The molecule has 2 aromatic carbocycles. The van der Waals surface area contributed by atoms with Crippen LogP contribution in [-0.4, -0.2) is 12.5 Å². The monoisotopic (exact) mass is 390 g/mol. The Morgan fingerprint density at radius 2 is 1.81 bits per heavy atom. The maximum absolute atomic E-state index is 13.3. The van der Waals surface area contributed by atoms with Gasteiger partial charge in [-0.1, -0.05) is 45.2 Å². The van der Waals surface area contributed by atoms with E-state index in [1.165, 1.54) is 12.1 Å². The van der Waals surface area contributed by atoms with Crippen molar-refractivity contribution in [2.24, 2.45) is 0 Å². The highest BCUT2D eigenvalue weighted by atomic mass is 79.9. The van der Waals surface area contributed by atoms with Crippen molar-refractivity contribution in [1.29, 1.82) is 0 Å². The topological polar surface area (TPSA) is 41.1 Å². The largest absolute Gasteiger partial charge is 0.376 e. The van der Waals surface area contributed by atoms with Crippen LogP contribution in [0.5, 0.6) is 0 Å². The molecule has 2 rings (SSSR count). The molecule has 7 heteroatoms. The van der Waals surface area contributed by atoms with Crippen molar-refractivity contribution in [2.45, 2.75) is 0 Å². The molecule has 2 N–H and O–H groups in total. The maximum Gasteiger partial charge on any atom is 0.243 e. The molecule has 0 aromatic heterocycles. The highest BCUT2D eigenvalue weighted by Crippen LogP contribution is 2.27. The van der Waals surface area contributed by atoms with E-state index in [0.29, 0.717) is 11.4 Å². The Morgan fingerprint density at radius 3 is 2.43 bits per heavy atom. The van der Waals surface area contributed by atoms with Gasteiger partial charge in [-0.2, -0.15) is 0 Å². The van der Waals surface area contributed by atoms with E-state index in [1.54, 1.807) is 12.1 Å². The quantitative estimate of drug-likeness (QED) is 0.724. The highest BCUT2D eigenvalue weighted by Gasteiger charge is 2.08. The standard InChI is InChI=1S/C14H10BrCl2FN2O/c15-8-2-1-3-9(4-8)20-13(21)7-19-10-5-11(16)14(18)12(17)6-10/h1-6,19H,7H2,(H,20,21). The highest BCUT2D eigenvalue weighted by molar-refractivity contribution is 9.10. The first-order valence-electron chi connectivity index (χ1n) is 5.89. The molecule has 110 valence electrons. The number of halogens is 4. The minimum Gasteiger partial charge on any atom is -0.376 e. The molecule has 0 saturated heterocycles. The lowest BCUT2D eigenvalue weighted by atomic mass is 10.3. The Hall–Kier alpha value is -1.30. The molecule has 1 amide bonds. The first-order valence-corrected chi connectivity index (χ1v) is 7.44. The van der Waals surface area contributed by atoms with Crippen molar-refractivity contribution >= 4 is 56.4 Å². The van der Waals surface area contributed by atoms with Gasteiger partial charge in [-0.15, -0.1) is 0 Å². The minimum atomic E-state index is -0.678. The minimum absolute atomic E-state index is 0.00477. The maximum atomic E-state index is 13.3. The van der Waals surface area contributed by atoms with Crippen LogP contribution in [0.3, 0.4) is 0 Å². The van der Waals surface area contributed by atoms with Crippen molar-refractivity contribution in [2.75, 3.05) is 17.2 Å². The first kappa shape index (κ1) is 16.1. The van der Waals surface area contributed by atoms with Gasteiger partial charge in [0.25, 0.3) is 0 Å². The van der Waals surface area contributed by atoms with E-state index in [-0.39, 0.29) is 22.5 Å². The van der Waals surface area contributed by atoms with Crippen molar-refractivity contribution in [1.82, 2.24) is 0 Å². The van der Waals surface area contributed by atoms with Crippen LogP contribution in [0.15, 0.2) is 40.9 Å².